The van der Waals surface area contributed by atoms with E-state index in [1.807, 2.05) is 69.3 Å². The number of imide groups is 1. The van der Waals surface area contributed by atoms with E-state index in [1.54, 1.807) is 30.9 Å². The van der Waals surface area contributed by atoms with Gasteiger partial charge >= 0.3 is 0 Å². The Morgan fingerprint density at radius 2 is 1.09 bits per heavy atom. The summed E-state index contributed by atoms with van der Waals surface area (Å²) in [4.78, 5) is 38.0. The van der Waals surface area contributed by atoms with Crippen LogP contribution in [0.5, 0.6) is 0 Å². The standard InChI is InChI=1S/C39H28N4O2/c1-23-19-24(2)37(25(3)20-23)43-38(44)30-5-4-6-35(36(30)39(43)45)42-33-9-7-28(26-11-15-40-16-12-26)21-31(33)32-22-29(8-10-34(32)42)27-13-17-41-18-14-27/h4-22H,1-3H3. The lowest BCUT2D eigenvalue weighted by Crippen LogP contribution is -2.31. The van der Waals surface area contributed by atoms with E-state index < -0.39 is 0 Å². The van der Waals surface area contributed by atoms with E-state index in [1.165, 1.54) is 4.90 Å². The van der Waals surface area contributed by atoms with E-state index in [-0.39, 0.29) is 11.8 Å². The molecule has 2 amide bonds. The van der Waals surface area contributed by atoms with Gasteiger partial charge in [-0.1, -0.05) is 35.9 Å². The SMILES string of the molecule is Cc1cc(C)c(N2C(=O)c3cccc(-n4c5ccc(-c6ccncc6)cc5c5cc(-c6ccncc6)ccc54)c3C2=O)c(C)c1. The zero-order chi connectivity index (χ0) is 30.8. The molecule has 4 heterocycles. The Morgan fingerprint density at radius 3 is 1.62 bits per heavy atom. The molecule has 6 nitrogen and oxygen atoms in total. The highest BCUT2D eigenvalue weighted by atomic mass is 16.2. The van der Waals surface area contributed by atoms with Crippen LogP contribution in [-0.2, 0) is 0 Å². The number of hydrogen-bond donors (Lipinski definition) is 0. The number of rotatable bonds is 4. The van der Waals surface area contributed by atoms with Crippen LogP contribution in [0.4, 0.5) is 5.69 Å². The van der Waals surface area contributed by atoms with Gasteiger partial charge in [-0.2, -0.15) is 0 Å². The minimum absolute atomic E-state index is 0.299. The monoisotopic (exact) mass is 584 g/mol. The van der Waals surface area contributed by atoms with E-state index in [4.69, 9.17) is 0 Å². The third kappa shape index (κ3) is 4.10. The minimum atomic E-state index is -0.308. The van der Waals surface area contributed by atoms with Crippen LogP contribution in [0.1, 0.15) is 37.4 Å². The van der Waals surface area contributed by atoms with Crippen molar-refractivity contribution in [2.45, 2.75) is 20.8 Å². The van der Waals surface area contributed by atoms with Crippen molar-refractivity contribution in [3.8, 4) is 27.9 Å². The Balaban J connectivity index is 1.39. The third-order valence-electron chi connectivity index (χ3n) is 8.79. The highest BCUT2D eigenvalue weighted by molar-refractivity contribution is 6.36. The van der Waals surface area contributed by atoms with Crippen molar-refractivity contribution < 1.29 is 9.59 Å². The van der Waals surface area contributed by atoms with E-state index >= 15 is 0 Å². The van der Waals surface area contributed by atoms with Gasteiger partial charge in [-0.05, 0) is 115 Å². The Kier molecular flexibility index (Phi) is 6.00. The largest absolute Gasteiger partial charge is 0.308 e. The molecule has 0 saturated carbocycles. The summed E-state index contributed by atoms with van der Waals surface area (Å²) in [5.74, 6) is -0.606. The Bertz CT molecular complexity index is 2220. The summed E-state index contributed by atoms with van der Waals surface area (Å²) in [6.45, 7) is 5.92. The number of aromatic nitrogens is 3. The Hall–Kier alpha value is -5.88. The maximum absolute atomic E-state index is 14.3. The number of aryl methyl sites for hydroxylation is 3. The fourth-order valence-electron chi connectivity index (χ4n) is 6.91. The van der Waals surface area contributed by atoms with Crippen LogP contribution in [0, 0.1) is 20.8 Å². The second kappa shape index (κ2) is 10.1. The second-order valence-corrected chi connectivity index (χ2v) is 11.7. The molecular formula is C39H28N4O2. The molecule has 6 heteroatoms. The lowest BCUT2D eigenvalue weighted by molar-refractivity contribution is 0.0925. The zero-order valence-electron chi connectivity index (χ0n) is 25.1. The third-order valence-corrected chi connectivity index (χ3v) is 8.79. The van der Waals surface area contributed by atoms with Crippen LogP contribution in [0.3, 0.4) is 0 Å². The molecule has 0 aliphatic carbocycles. The summed E-state index contributed by atoms with van der Waals surface area (Å²) in [5, 5.41) is 2.10. The number of pyridine rings is 2. The van der Waals surface area contributed by atoms with Gasteiger partial charge in [0.2, 0.25) is 0 Å². The van der Waals surface area contributed by atoms with Gasteiger partial charge in [0.15, 0.2) is 0 Å². The first-order chi connectivity index (χ1) is 21.9. The molecule has 0 radical (unpaired) electrons. The summed E-state index contributed by atoms with van der Waals surface area (Å²) in [7, 11) is 0. The maximum Gasteiger partial charge on any atom is 0.268 e. The number of fused-ring (bicyclic) bond motifs is 4. The second-order valence-electron chi connectivity index (χ2n) is 11.7. The first-order valence-electron chi connectivity index (χ1n) is 14.9. The quantitative estimate of drug-likeness (QED) is 0.194. The lowest BCUT2D eigenvalue weighted by Gasteiger charge is -2.20. The summed E-state index contributed by atoms with van der Waals surface area (Å²) < 4.78 is 2.12. The maximum atomic E-state index is 14.3. The van der Waals surface area contributed by atoms with Gasteiger partial charge in [-0.25, -0.2) is 4.90 Å². The van der Waals surface area contributed by atoms with E-state index in [2.05, 4.69) is 50.9 Å². The molecule has 45 heavy (non-hydrogen) atoms. The number of hydrogen-bond acceptors (Lipinski definition) is 4. The number of nitrogens with zero attached hydrogens (tertiary/aromatic N) is 4. The van der Waals surface area contributed by atoms with Crippen LogP contribution >= 0.6 is 0 Å². The molecule has 0 N–H and O–H groups in total. The molecule has 216 valence electrons. The highest BCUT2D eigenvalue weighted by Gasteiger charge is 2.40. The van der Waals surface area contributed by atoms with E-state index in [0.717, 1.165) is 60.8 Å². The van der Waals surface area contributed by atoms with Crippen LogP contribution < -0.4 is 4.90 Å². The van der Waals surface area contributed by atoms with E-state index in [0.29, 0.717) is 22.5 Å². The smallest absolute Gasteiger partial charge is 0.268 e. The van der Waals surface area contributed by atoms with Crippen molar-refractivity contribution in [2.24, 2.45) is 0 Å². The van der Waals surface area contributed by atoms with Crippen LogP contribution in [0.2, 0.25) is 0 Å². The molecule has 0 spiro atoms. The van der Waals surface area contributed by atoms with Crippen molar-refractivity contribution in [3.63, 3.8) is 0 Å². The molecule has 0 atom stereocenters. The molecule has 3 aromatic heterocycles. The normalized spacial score (nSPS) is 12.8. The topological polar surface area (TPSA) is 68.1 Å². The molecular weight excluding hydrogens is 556 g/mol. The summed E-state index contributed by atoms with van der Waals surface area (Å²) in [5.41, 5.74) is 11.2. The number of amides is 2. The molecule has 8 rings (SSSR count). The van der Waals surface area contributed by atoms with Crippen LogP contribution in [0.15, 0.2) is 116 Å². The first-order valence-corrected chi connectivity index (χ1v) is 14.9. The predicted molar refractivity (Wildman–Crippen MR) is 179 cm³/mol. The summed E-state index contributed by atoms with van der Waals surface area (Å²) in [6, 6.07) is 30.4. The lowest BCUT2D eigenvalue weighted by atomic mass is 10.0. The molecule has 0 saturated heterocycles. The average Bonchev–Trinajstić information content (AvgIpc) is 3.51. The van der Waals surface area contributed by atoms with Gasteiger partial charge in [0, 0.05) is 35.6 Å². The van der Waals surface area contributed by atoms with Crippen molar-refractivity contribution in [1.82, 2.24) is 14.5 Å². The predicted octanol–water partition coefficient (Wildman–Crippen LogP) is 8.63. The van der Waals surface area contributed by atoms with E-state index in [9.17, 15) is 9.59 Å². The summed E-state index contributed by atoms with van der Waals surface area (Å²) in [6.07, 6.45) is 7.18. The average molecular weight is 585 g/mol. The molecule has 1 aliphatic rings. The van der Waals surface area contributed by atoms with Crippen molar-refractivity contribution >= 4 is 39.3 Å². The van der Waals surface area contributed by atoms with Crippen LogP contribution in [0.25, 0.3) is 49.7 Å². The van der Waals surface area contributed by atoms with Gasteiger partial charge in [-0.3, -0.25) is 19.6 Å². The number of carbonyl (C=O) groups excluding carboxylic acids is 2. The first kappa shape index (κ1) is 26.7. The molecule has 0 unspecified atom stereocenters. The van der Waals surface area contributed by atoms with Crippen molar-refractivity contribution in [2.75, 3.05) is 4.90 Å². The Labute approximate surface area is 260 Å². The summed E-state index contributed by atoms with van der Waals surface area (Å²) >= 11 is 0. The molecule has 0 fully saturated rings. The number of anilines is 1. The molecule has 0 bridgehead atoms. The van der Waals surface area contributed by atoms with Gasteiger partial charge in [0.05, 0.1) is 33.5 Å². The Morgan fingerprint density at radius 1 is 0.556 bits per heavy atom. The number of benzene rings is 4. The van der Waals surface area contributed by atoms with Crippen LogP contribution in [-0.4, -0.2) is 26.3 Å². The van der Waals surface area contributed by atoms with Gasteiger partial charge in [0.1, 0.15) is 0 Å². The molecule has 4 aromatic carbocycles. The fourth-order valence-corrected chi connectivity index (χ4v) is 6.91. The number of carbonyl (C=O) groups is 2. The minimum Gasteiger partial charge on any atom is -0.308 e. The van der Waals surface area contributed by atoms with Crippen molar-refractivity contribution in [1.29, 1.82) is 0 Å². The van der Waals surface area contributed by atoms with Gasteiger partial charge < -0.3 is 4.57 Å². The molecule has 7 aromatic rings. The fraction of sp³-hybridized carbons (Fsp3) is 0.0769. The molecule has 1 aliphatic heterocycles. The van der Waals surface area contributed by atoms with Crippen molar-refractivity contribution in [3.05, 3.63) is 144 Å². The zero-order valence-corrected chi connectivity index (χ0v) is 25.1. The highest BCUT2D eigenvalue weighted by Crippen LogP contribution is 2.41. The van der Waals surface area contributed by atoms with Gasteiger partial charge in [-0.15, -0.1) is 0 Å². The van der Waals surface area contributed by atoms with Gasteiger partial charge in [0.25, 0.3) is 11.8 Å².